The van der Waals surface area contributed by atoms with E-state index in [1.54, 1.807) is 0 Å². The number of allylic oxidation sites excluding steroid dienone is 5. The van der Waals surface area contributed by atoms with E-state index in [9.17, 15) is 4.79 Å². The fourth-order valence-electron chi connectivity index (χ4n) is 1.51. The zero-order valence-electron chi connectivity index (χ0n) is 10.8. The summed E-state index contributed by atoms with van der Waals surface area (Å²) in [6, 6.07) is 0. The van der Waals surface area contributed by atoms with E-state index in [2.05, 4.69) is 11.4 Å². The average Bonchev–Trinajstić information content (AvgIpc) is 2.59. The first kappa shape index (κ1) is 14.7. The molecule has 0 fully saturated rings. The van der Waals surface area contributed by atoms with Crippen molar-refractivity contribution >= 4 is 5.91 Å². The maximum absolute atomic E-state index is 11.0. The van der Waals surface area contributed by atoms with Gasteiger partial charge >= 0.3 is 0 Å². The molecular formula is C14H23NO. The third-order valence-corrected chi connectivity index (χ3v) is 2.18. The van der Waals surface area contributed by atoms with E-state index in [1.807, 2.05) is 45.9 Å². The molecule has 1 N–H and O–H groups in total. The molecule has 0 atom stereocenters. The molecule has 2 heteroatoms. The van der Waals surface area contributed by atoms with Crippen LogP contribution in [0.5, 0.6) is 0 Å². The number of amides is 1. The van der Waals surface area contributed by atoms with Gasteiger partial charge in [-0.2, -0.15) is 0 Å². The van der Waals surface area contributed by atoms with E-state index in [1.165, 1.54) is 5.57 Å². The lowest BCUT2D eigenvalue weighted by Crippen LogP contribution is -2.26. The van der Waals surface area contributed by atoms with Crippen LogP contribution in [0.1, 0.15) is 47.0 Å². The third kappa shape index (κ3) is 4.47. The first-order chi connectivity index (χ1) is 7.86. The molecule has 1 aliphatic heterocycles. The SMILES string of the molecule is CC.CC.O=C1CCC2=C(C=CC=CC2)N1. The first-order valence-electron chi connectivity index (χ1n) is 6.21. The van der Waals surface area contributed by atoms with Gasteiger partial charge in [-0.15, -0.1) is 0 Å². The Balaban J connectivity index is 0.000000509. The van der Waals surface area contributed by atoms with Gasteiger partial charge in [-0.25, -0.2) is 0 Å². The predicted molar refractivity (Wildman–Crippen MR) is 70.0 cm³/mol. The highest BCUT2D eigenvalue weighted by Crippen LogP contribution is 2.21. The van der Waals surface area contributed by atoms with Crippen molar-refractivity contribution in [3.05, 3.63) is 35.6 Å². The fraction of sp³-hybridized carbons (Fsp3) is 0.500. The molecule has 0 spiro atoms. The van der Waals surface area contributed by atoms with Gasteiger partial charge in [-0.3, -0.25) is 4.79 Å². The third-order valence-electron chi connectivity index (χ3n) is 2.18. The predicted octanol–water partition coefficient (Wildman–Crippen LogP) is 3.72. The summed E-state index contributed by atoms with van der Waals surface area (Å²) in [6.07, 6.45) is 10.6. The summed E-state index contributed by atoms with van der Waals surface area (Å²) in [7, 11) is 0. The van der Waals surface area contributed by atoms with Crippen molar-refractivity contribution in [2.24, 2.45) is 0 Å². The highest BCUT2D eigenvalue weighted by atomic mass is 16.1. The van der Waals surface area contributed by atoms with Crippen molar-refractivity contribution in [3.63, 3.8) is 0 Å². The Bertz CT molecular complexity index is 298. The monoisotopic (exact) mass is 221 g/mol. The van der Waals surface area contributed by atoms with Crippen molar-refractivity contribution in [1.29, 1.82) is 0 Å². The molecular weight excluding hydrogens is 198 g/mol. The molecule has 2 nitrogen and oxygen atoms in total. The van der Waals surface area contributed by atoms with Gasteiger partial charge in [0.25, 0.3) is 0 Å². The Morgan fingerprint density at radius 3 is 2.44 bits per heavy atom. The highest BCUT2D eigenvalue weighted by Gasteiger charge is 2.15. The maximum Gasteiger partial charge on any atom is 0.224 e. The van der Waals surface area contributed by atoms with Crippen LogP contribution < -0.4 is 5.32 Å². The maximum atomic E-state index is 11.0. The minimum atomic E-state index is 0.139. The number of carbonyl (C=O) groups is 1. The molecule has 0 bridgehead atoms. The Labute approximate surface area is 99.1 Å². The second kappa shape index (κ2) is 8.96. The average molecular weight is 221 g/mol. The van der Waals surface area contributed by atoms with Gasteiger partial charge in [-0.1, -0.05) is 45.9 Å². The van der Waals surface area contributed by atoms with Crippen LogP contribution in [0.25, 0.3) is 0 Å². The largest absolute Gasteiger partial charge is 0.326 e. The molecule has 0 radical (unpaired) electrons. The van der Waals surface area contributed by atoms with E-state index in [0.717, 1.165) is 18.5 Å². The summed E-state index contributed by atoms with van der Waals surface area (Å²) in [4.78, 5) is 11.0. The van der Waals surface area contributed by atoms with Gasteiger partial charge in [-0.05, 0) is 24.5 Å². The summed E-state index contributed by atoms with van der Waals surface area (Å²) in [6.45, 7) is 8.00. The van der Waals surface area contributed by atoms with Crippen LogP contribution in [0.15, 0.2) is 35.6 Å². The Morgan fingerprint density at radius 2 is 1.75 bits per heavy atom. The molecule has 90 valence electrons. The van der Waals surface area contributed by atoms with Gasteiger partial charge in [0.2, 0.25) is 5.91 Å². The van der Waals surface area contributed by atoms with Gasteiger partial charge in [0, 0.05) is 12.1 Å². The molecule has 1 aliphatic carbocycles. The standard InChI is InChI=1S/C10H11NO.2C2H6/c12-10-7-6-8-4-2-1-3-5-9(8)11-10;2*1-2/h1-3,5H,4,6-7H2,(H,11,12);2*1-2H3. The van der Waals surface area contributed by atoms with Crippen LogP contribution >= 0.6 is 0 Å². The Morgan fingerprint density at radius 1 is 1.06 bits per heavy atom. The quantitative estimate of drug-likeness (QED) is 0.663. The molecule has 0 unspecified atom stereocenters. The minimum Gasteiger partial charge on any atom is -0.326 e. The van der Waals surface area contributed by atoms with Gasteiger partial charge in [0.05, 0.1) is 0 Å². The summed E-state index contributed by atoms with van der Waals surface area (Å²) >= 11 is 0. The molecule has 16 heavy (non-hydrogen) atoms. The molecule has 2 aliphatic rings. The highest BCUT2D eigenvalue weighted by molar-refractivity contribution is 5.80. The van der Waals surface area contributed by atoms with E-state index in [0.29, 0.717) is 6.42 Å². The summed E-state index contributed by atoms with van der Waals surface area (Å²) in [5.41, 5.74) is 2.36. The van der Waals surface area contributed by atoms with Gasteiger partial charge in [0.15, 0.2) is 0 Å². The Kier molecular flexibility index (Phi) is 8.22. The van der Waals surface area contributed by atoms with Crippen molar-refractivity contribution in [2.45, 2.75) is 47.0 Å². The topological polar surface area (TPSA) is 29.1 Å². The van der Waals surface area contributed by atoms with E-state index < -0.39 is 0 Å². The van der Waals surface area contributed by atoms with Crippen molar-refractivity contribution < 1.29 is 4.79 Å². The molecule has 0 saturated carbocycles. The number of carbonyl (C=O) groups excluding carboxylic acids is 1. The zero-order chi connectivity index (χ0) is 12.4. The van der Waals surface area contributed by atoms with Crippen LogP contribution in [0.2, 0.25) is 0 Å². The Hall–Kier alpha value is -1.31. The first-order valence-corrected chi connectivity index (χ1v) is 6.21. The van der Waals surface area contributed by atoms with Crippen molar-refractivity contribution in [2.75, 3.05) is 0 Å². The molecule has 0 aromatic heterocycles. The van der Waals surface area contributed by atoms with Gasteiger partial charge in [0.1, 0.15) is 0 Å². The molecule has 0 aromatic rings. The molecule has 0 saturated heterocycles. The lowest BCUT2D eigenvalue weighted by molar-refractivity contribution is -0.120. The minimum absolute atomic E-state index is 0.139. The molecule has 2 rings (SSSR count). The van der Waals surface area contributed by atoms with Crippen LogP contribution in [0, 0.1) is 0 Å². The van der Waals surface area contributed by atoms with Crippen molar-refractivity contribution in [3.8, 4) is 0 Å². The van der Waals surface area contributed by atoms with Gasteiger partial charge < -0.3 is 5.32 Å². The normalized spacial score (nSPS) is 17.1. The summed E-state index contributed by atoms with van der Waals surface area (Å²) in [5.74, 6) is 0.139. The lowest BCUT2D eigenvalue weighted by atomic mass is 10.0. The van der Waals surface area contributed by atoms with E-state index in [-0.39, 0.29) is 5.91 Å². The second-order valence-corrected chi connectivity index (χ2v) is 3.06. The molecule has 0 aromatic carbocycles. The number of hydrogen-bond donors (Lipinski definition) is 1. The summed E-state index contributed by atoms with van der Waals surface area (Å²) < 4.78 is 0. The van der Waals surface area contributed by atoms with Crippen LogP contribution in [0.3, 0.4) is 0 Å². The lowest BCUT2D eigenvalue weighted by Gasteiger charge is -2.17. The number of nitrogens with one attached hydrogen (secondary N) is 1. The van der Waals surface area contributed by atoms with E-state index >= 15 is 0 Å². The van der Waals surface area contributed by atoms with Crippen LogP contribution in [-0.2, 0) is 4.79 Å². The zero-order valence-corrected chi connectivity index (χ0v) is 10.8. The molecule has 1 heterocycles. The second-order valence-electron chi connectivity index (χ2n) is 3.06. The van der Waals surface area contributed by atoms with Crippen LogP contribution in [0.4, 0.5) is 0 Å². The van der Waals surface area contributed by atoms with Crippen LogP contribution in [-0.4, -0.2) is 5.91 Å². The van der Waals surface area contributed by atoms with E-state index in [4.69, 9.17) is 0 Å². The summed E-state index contributed by atoms with van der Waals surface area (Å²) in [5, 5.41) is 2.87. The molecule has 1 amide bonds. The number of rotatable bonds is 0. The fourth-order valence-corrected chi connectivity index (χ4v) is 1.51. The smallest absolute Gasteiger partial charge is 0.224 e. The van der Waals surface area contributed by atoms with Crippen molar-refractivity contribution in [1.82, 2.24) is 5.32 Å². The number of hydrogen-bond acceptors (Lipinski definition) is 1.